The van der Waals surface area contributed by atoms with Crippen molar-refractivity contribution in [3.05, 3.63) is 41.6 Å². The van der Waals surface area contributed by atoms with Gasteiger partial charge in [0.2, 0.25) is 5.91 Å². The van der Waals surface area contributed by atoms with Crippen LogP contribution in [0.5, 0.6) is 5.75 Å². The first kappa shape index (κ1) is 15.7. The maximum Gasteiger partial charge on any atom is 0.286 e. The van der Waals surface area contributed by atoms with Crippen molar-refractivity contribution in [2.75, 3.05) is 12.4 Å². The highest BCUT2D eigenvalue weighted by Crippen LogP contribution is 2.23. The molecule has 6 nitrogen and oxygen atoms in total. The Labute approximate surface area is 127 Å². The van der Waals surface area contributed by atoms with Gasteiger partial charge in [0.25, 0.3) is 5.89 Å². The minimum absolute atomic E-state index is 0.110. The Morgan fingerprint density at radius 1 is 1.36 bits per heavy atom. The highest BCUT2D eigenvalue weighted by Gasteiger charge is 2.15. The smallest absolute Gasteiger partial charge is 0.286 e. The van der Waals surface area contributed by atoms with Crippen LogP contribution in [0.15, 0.2) is 34.4 Å². The second-order valence-corrected chi connectivity index (χ2v) is 4.75. The van der Waals surface area contributed by atoms with Gasteiger partial charge in [-0.15, -0.1) is 0 Å². The largest absolute Gasteiger partial charge is 0.495 e. The molecule has 0 radical (unpaired) electrons. The minimum atomic E-state index is -0.580. The van der Waals surface area contributed by atoms with Gasteiger partial charge in [0.05, 0.1) is 19.2 Å². The maximum atomic E-state index is 13.6. The Morgan fingerprint density at radius 2 is 2.09 bits per heavy atom. The van der Waals surface area contributed by atoms with Crippen molar-refractivity contribution in [2.45, 2.75) is 20.3 Å². The fourth-order valence-corrected chi connectivity index (χ4v) is 1.71. The van der Waals surface area contributed by atoms with Crippen LogP contribution in [0.25, 0.3) is 5.83 Å². The summed E-state index contributed by atoms with van der Waals surface area (Å²) >= 11 is 0. The number of nitrogens with one attached hydrogen (secondary N) is 1. The van der Waals surface area contributed by atoms with Gasteiger partial charge in [-0.3, -0.25) is 4.79 Å². The number of carbonyl (C=O) groups excluding carboxylic acids is 1. The number of nitrogens with zero attached hydrogens (tertiary/aromatic N) is 2. The summed E-state index contributed by atoms with van der Waals surface area (Å²) < 4.78 is 23.5. The fraction of sp³-hybridized carbons (Fsp3) is 0.267. The molecule has 22 heavy (non-hydrogen) atoms. The molecule has 0 fully saturated rings. The van der Waals surface area contributed by atoms with Gasteiger partial charge < -0.3 is 14.6 Å². The van der Waals surface area contributed by atoms with E-state index in [0.717, 1.165) is 0 Å². The Hall–Kier alpha value is -2.70. The summed E-state index contributed by atoms with van der Waals surface area (Å²) in [5.41, 5.74) is 0.961. The summed E-state index contributed by atoms with van der Waals surface area (Å²) in [6.45, 7) is 3.18. The molecule has 0 spiro atoms. The number of para-hydroxylation sites is 2. The lowest BCUT2D eigenvalue weighted by Crippen LogP contribution is -2.15. The number of methoxy groups -OCH3 is 1. The number of halogens is 1. The van der Waals surface area contributed by atoms with Crippen LogP contribution in [0.4, 0.5) is 10.1 Å². The Bertz CT molecular complexity index is 706. The lowest BCUT2D eigenvalue weighted by atomic mass is 10.2. The van der Waals surface area contributed by atoms with Gasteiger partial charge in [0.15, 0.2) is 11.7 Å². The number of allylic oxidation sites excluding steroid dienone is 1. The summed E-state index contributed by atoms with van der Waals surface area (Å²) in [5, 5.41) is 6.27. The van der Waals surface area contributed by atoms with Gasteiger partial charge >= 0.3 is 0 Å². The third kappa shape index (κ3) is 3.69. The highest BCUT2D eigenvalue weighted by atomic mass is 19.1. The van der Waals surface area contributed by atoms with E-state index in [1.54, 1.807) is 38.1 Å². The van der Waals surface area contributed by atoms with E-state index < -0.39 is 5.83 Å². The van der Waals surface area contributed by atoms with Gasteiger partial charge in [0.1, 0.15) is 5.75 Å². The van der Waals surface area contributed by atoms with E-state index in [-0.39, 0.29) is 24.0 Å². The number of benzene rings is 1. The molecule has 1 N–H and O–H groups in total. The zero-order chi connectivity index (χ0) is 16.1. The van der Waals surface area contributed by atoms with Crippen LogP contribution in [0.2, 0.25) is 0 Å². The molecule has 1 heterocycles. The van der Waals surface area contributed by atoms with E-state index in [4.69, 9.17) is 9.26 Å². The van der Waals surface area contributed by atoms with Gasteiger partial charge in [0, 0.05) is 0 Å². The third-order valence-corrected chi connectivity index (χ3v) is 2.79. The molecule has 2 rings (SSSR count). The Kier molecular flexibility index (Phi) is 4.88. The maximum absolute atomic E-state index is 13.6. The normalized spacial score (nSPS) is 10.2. The van der Waals surface area contributed by atoms with Crippen molar-refractivity contribution in [3.63, 3.8) is 0 Å². The number of anilines is 1. The molecular weight excluding hydrogens is 289 g/mol. The molecule has 116 valence electrons. The van der Waals surface area contributed by atoms with Gasteiger partial charge in [-0.1, -0.05) is 17.3 Å². The highest BCUT2D eigenvalue weighted by molar-refractivity contribution is 5.93. The molecule has 0 atom stereocenters. The number of rotatable bonds is 5. The Balaban J connectivity index is 2.05. The third-order valence-electron chi connectivity index (χ3n) is 2.79. The van der Waals surface area contributed by atoms with E-state index in [1.165, 1.54) is 7.11 Å². The first-order valence-corrected chi connectivity index (χ1v) is 6.60. The van der Waals surface area contributed by atoms with Crippen LogP contribution in [0, 0.1) is 0 Å². The molecule has 2 aromatic rings. The van der Waals surface area contributed by atoms with Crippen LogP contribution in [0.1, 0.15) is 25.6 Å². The monoisotopic (exact) mass is 305 g/mol. The van der Waals surface area contributed by atoms with Gasteiger partial charge in [-0.25, -0.2) is 4.39 Å². The number of hydrogen-bond donors (Lipinski definition) is 1. The van der Waals surface area contributed by atoms with E-state index in [0.29, 0.717) is 17.0 Å². The molecule has 1 aromatic heterocycles. The zero-order valence-electron chi connectivity index (χ0n) is 12.5. The molecule has 0 aliphatic carbocycles. The summed E-state index contributed by atoms with van der Waals surface area (Å²) in [5.74, 6) is -0.502. The van der Waals surface area contributed by atoms with E-state index in [9.17, 15) is 9.18 Å². The second-order valence-electron chi connectivity index (χ2n) is 4.75. The molecule has 0 saturated carbocycles. The average molecular weight is 305 g/mol. The number of hydrogen-bond acceptors (Lipinski definition) is 5. The van der Waals surface area contributed by atoms with E-state index >= 15 is 0 Å². The number of carbonyl (C=O) groups is 1. The number of amides is 1. The topological polar surface area (TPSA) is 77.2 Å². The van der Waals surface area contributed by atoms with Gasteiger partial charge in [-0.05, 0) is 31.6 Å². The molecule has 7 heteroatoms. The van der Waals surface area contributed by atoms with Crippen molar-refractivity contribution in [3.8, 4) is 5.75 Å². The van der Waals surface area contributed by atoms with Crippen molar-refractivity contribution < 1.29 is 18.4 Å². The first-order chi connectivity index (χ1) is 10.5. The molecule has 0 unspecified atom stereocenters. The number of ether oxygens (including phenoxy) is 1. The number of aromatic nitrogens is 2. The van der Waals surface area contributed by atoms with Crippen LogP contribution in [-0.4, -0.2) is 23.2 Å². The minimum Gasteiger partial charge on any atom is -0.495 e. The van der Waals surface area contributed by atoms with E-state index in [1.807, 2.05) is 0 Å². The molecule has 1 amide bonds. The van der Waals surface area contributed by atoms with Crippen molar-refractivity contribution in [2.24, 2.45) is 0 Å². The predicted molar refractivity (Wildman–Crippen MR) is 79.0 cm³/mol. The van der Waals surface area contributed by atoms with Crippen molar-refractivity contribution in [1.82, 2.24) is 10.1 Å². The molecular formula is C15H16FN3O3. The second kappa shape index (κ2) is 6.84. The van der Waals surface area contributed by atoms with Crippen LogP contribution in [-0.2, 0) is 11.2 Å². The van der Waals surface area contributed by atoms with Crippen LogP contribution >= 0.6 is 0 Å². The predicted octanol–water partition coefficient (Wildman–Crippen LogP) is 2.98. The lowest BCUT2D eigenvalue weighted by Gasteiger charge is -2.08. The molecule has 0 bridgehead atoms. The Morgan fingerprint density at radius 3 is 2.77 bits per heavy atom. The van der Waals surface area contributed by atoms with Crippen molar-refractivity contribution >= 4 is 17.4 Å². The standard InChI is InChI=1S/C15H16FN3O3/c1-9(2)14(16)15-18-12(19-22-15)8-13(20)17-10-6-4-5-7-11(10)21-3/h4-7H,8H2,1-3H3,(H,17,20). The van der Waals surface area contributed by atoms with E-state index in [2.05, 4.69) is 15.5 Å². The summed E-state index contributed by atoms with van der Waals surface area (Å²) in [6.07, 6.45) is -0.127. The molecule has 1 aromatic carbocycles. The van der Waals surface area contributed by atoms with Gasteiger partial charge in [-0.2, -0.15) is 4.98 Å². The zero-order valence-corrected chi connectivity index (χ0v) is 12.5. The summed E-state index contributed by atoms with van der Waals surface area (Å²) in [4.78, 5) is 15.8. The van der Waals surface area contributed by atoms with Crippen LogP contribution in [0.3, 0.4) is 0 Å². The molecule has 0 saturated heterocycles. The molecule has 0 aliphatic heterocycles. The summed E-state index contributed by atoms with van der Waals surface area (Å²) in [7, 11) is 1.51. The molecule has 0 aliphatic rings. The first-order valence-electron chi connectivity index (χ1n) is 6.60. The average Bonchev–Trinajstić information content (AvgIpc) is 2.95. The summed E-state index contributed by atoms with van der Waals surface area (Å²) in [6, 6.07) is 7.00. The van der Waals surface area contributed by atoms with Crippen LogP contribution < -0.4 is 10.1 Å². The fourth-order valence-electron chi connectivity index (χ4n) is 1.71. The van der Waals surface area contributed by atoms with Crippen molar-refractivity contribution in [1.29, 1.82) is 0 Å². The SMILES string of the molecule is COc1ccccc1NC(=O)Cc1noc(C(F)=C(C)C)n1. The lowest BCUT2D eigenvalue weighted by molar-refractivity contribution is -0.115. The quantitative estimate of drug-likeness (QED) is 0.919.